The minimum Gasteiger partial charge on any atom is -0.465 e. The Morgan fingerprint density at radius 3 is 2.79 bits per heavy atom. The monoisotopic (exact) mass is 297 g/mol. The lowest BCUT2D eigenvalue weighted by Gasteiger charge is -2.04. The minimum atomic E-state index is -0.550. The molecule has 0 aromatic carbocycles. The predicted octanol–water partition coefficient (Wildman–Crippen LogP) is 3.07. The fourth-order valence-corrected chi connectivity index (χ4v) is 1.89. The first-order valence-electron chi connectivity index (χ1n) is 3.59. The second-order valence-electron chi connectivity index (χ2n) is 2.38. The molecule has 1 heterocycles. The molecule has 6 heteroatoms. The number of rotatable bonds is 2. The molecule has 0 bridgehead atoms. The maximum Gasteiger partial charge on any atom is 0.341 e. The smallest absolute Gasteiger partial charge is 0.341 e. The molecule has 76 valence electrons. The molecule has 0 N–H and O–H groups in total. The van der Waals surface area contributed by atoms with Crippen LogP contribution in [0, 0.1) is 0 Å². The van der Waals surface area contributed by atoms with Crippen molar-refractivity contribution in [1.82, 2.24) is 4.98 Å². The van der Waals surface area contributed by atoms with Crippen LogP contribution in [0.1, 0.15) is 16.1 Å². The van der Waals surface area contributed by atoms with E-state index in [4.69, 9.17) is 23.2 Å². The first-order valence-corrected chi connectivity index (χ1v) is 5.47. The lowest BCUT2D eigenvalue weighted by molar-refractivity contribution is 0.0600. The number of halogens is 3. The molecule has 0 unspecified atom stereocenters. The summed E-state index contributed by atoms with van der Waals surface area (Å²) in [6.45, 7) is 0. The van der Waals surface area contributed by atoms with Crippen LogP contribution in [0.25, 0.3) is 0 Å². The van der Waals surface area contributed by atoms with Crippen molar-refractivity contribution in [2.75, 3.05) is 7.11 Å². The highest BCUT2D eigenvalue weighted by Crippen LogP contribution is 2.23. The highest BCUT2D eigenvalue weighted by atomic mass is 79.9. The van der Waals surface area contributed by atoms with Crippen LogP contribution in [0.5, 0.6) is 0 Å². The van der Waals surface area contributed by atoms with E-state index in [9.17, 15) is 4.79 Å². The van der Waals surface area contributed by atoms with Crippen molar-refractivity contribution >= 4 is 45.1 Å². The summed E-state index contributed by atoms with van der Waals surface area (Å²) >= 11 is 14.8. The summed E-state index contributed by atoms with van der Waals surface area (Å²) in [6, 6.07) is 1.44. The summed E-state index contributed by atoms with van der Waals surface area (Å²) < 4.78 is 4.51. The molecule has 0 fully saturated rings. The molecule has 14 heavy (non-hydrogen) atoms. The van der Waals surface area contributed by atoms with Crippen molar-refractivity contribution in [3.63, 3.8) is 0 Å². The molecular weight excluding hydrogens is 293 g/mol. The molecule has 0 spiro atoms. The van der Waals surface area contributed by atoms with Gasteiger partial charge in [-0.05, 0) is 6.07 Å². The van der Waals surface area contributed by atoms with Crippen molar-refractivity contribution in [3.05, 3.63) is 27.5 Å². The molecule has 0 atom stereocenters. The largest absolute Gasteiger partial charge is 0.465 e. The topological polar surface area (TPSA) is 39.2 Å². The summed E-state index contributed by atoms with van der Waals surface area (Å²) in [6.07, 6.45) is 0. The Bertz CT molecular complexity index is 371. The van der Waals surface area contributed by atoms with Gasteiger partial charge < -0.3 is 4.74 Å². The van der Waals surface area contributed by atoms with Gasteiger partial charge >= 0.3 is 5.97 Å². The molecule has 0 aliphatic carbocycles. The number of methoxy groups -OCH3 is 1. The van der Waals surface area contributed by atoms with Crippen molar-refractivity contribution in [3.8, 4) is 0 Å². The summed E-state index contributed by atoms with van der Waals surface area (Å²) in [7, 11) is 1.27. The molecule has 0 aliphatic rings. The molecule has 0 saturated carbocycles. The quantitative estimate of drug-likeness (QED) is 0.478. The van der Waals surface area contributed by atoms with Gasteiger partial charge in [0.25, 0.3) is 0 Å². The van der Waals surface area contributed by atoms with Crippen molar-refractivity contribution < 1.29 is 9.53 Å². The van der Waals surface area contributed by atoms with Crippen LogP contribution >= 0.6 is 39.1 Å². The van der Waals surface area contributed by atoms with E-state index in [0.29, 0.717) is 16.0 Å². The van der Waals surface area contributed by atoms with Crippen LogP contribution in [-0.2, 0) is 10.1 Å². The average Bonchev–Trinajstić information content (AvgIpc) is 2.19. The van der Waals surface area contributed by atoms with E-state index in [-0.39, 0.29) is 10.7 Å². The zero-order valence-electron chi connectivity index (χ0n) is 7.18. The fraction of sp³-hybridized carbons (Fsp3) is 0.250. The van der Waals surface area contributed by atoms with Gasteiger partial charge in [0.1, 0.15) is 5.15 Å². The Kier molecular flexibility index (Phi) is 4.16. The number of hydrogen-bond acceptors (Lipinski definition) is 3. The van der Waals surface area contributed by atoms with E-state index in [1.165, 1.54) is 13.2 Å². The molecule has 0 saturated heterocycles. The van der Waals surface area contributed by atoms with E-state index < -0.39 is 5.97 Å². The van der Waals surface area contributed by atoms with Gasteiger partial charge in [0, 0.05) is 5.33 Å². The van der Waals surface area contributed by atoms with Gasteiger partial charge in [-0.25, -0.2) is 9.78 Å². The predicted molar refractivity (Wildman–Crippen MR) is 58.2 cm³/mol. The Morgan fingerprint density at radius 2 is 2.29 bits per heavy atom. The van der Waals surface area contributed by atoms with Gasteiger partial charge in [-0.2, -0.15) is 0 Å². The number of hydrogen-bond donors (Lipinski definition) is 0. The second kappa shape index (κ2) is 4.96. The number of carbonyl (C=O) groups is 1. The number of nitrogens with zero attached hydrogens (tertiary/aromatic N) is 1. The molecule has 0 radical (unpaired) electrons. The molecule has 1 aromatic rings. The molecule has 1 rings (SSSR count). The summed E-state index contributed by atoms with van der Waals surface area (Å²) in [5.74, 6) is -0.550. The van der Waals surface area contributed by atoms with Crippen LogP contribution < -0.4 is 0 Å². The fourth-order valence-electron chi connectivity index (χ4n) is 0.849. The summed E-state index contributed by atoms with van der Waals surface area (Å²) in [5, 5.41) is 0.954. The first kappa shape index (κ1) is 11.8. The number of pyridine rings is 1. The van der Waals surface area contributed by atoms with E-state index >= 15 is 0 Å². The third-order valence-electron chi connectivity index (χ3n) is 1.53. The molecule has 1 aromatic heterocycles. The Hall–Kier alpha value is -0.320. The van der Waals surface area contributed by atoms with Gasteiger partial charge in [-0.1, -0.05) is 39.1 Å². The van der Waals surface area contributed by atoms with Crippen molar-refractivity contribution in [2.24, 2.45) is 0 Å². The average molecular weight is 299 g/mol. The van der Waals surface area contributed by atoms with E-state index in [2.05, 4.69) is 25.7 Å². The highest BCUT2D eigenvalue weighted by Gasteiger charge is 2.15. The first-order chi connectivity index (χ1) is 6.60. The van der Waals surface area contributed by atoms with Crippen LogP contribution in [0.4, 0.5) is 0 Å². The molecule has 3 nitrogen and oxygen atoms in total. The number of alkyl halides is 1. The maximum atomic E-state index is 11.2. The third kappa shape index (κ3) is 2.38. The normalized spacial score (nSPS) is 10.0. The highest BCUT2D eigenvalue weighted by molar-refractivity contribution is 9.08. The van der Waals surface area contributed by atoms with Gasteiger partial charge in [0.15, 0.2) is 0 Å². The Labute approximate surface area is 99.5 Å². The van der Waals surface area contributed by atoms with Gasteiger partial charge in [0.2, 0.25) is 0 Å². The standard InChI is InChI=1S/C8H6BrCl2NO2/c1-14-8(13)4-2-5(10)6(3-9)12-7(4)11/h2H,3H2,1H3. The van der Waals surface area contributed by atoms with E-state index in [1.54, 1.807) is 0 Å². The van der Waals surface area contributed by atoms with E-state index in [1.807, 2.05) is 0 Å². The van der Waals surface area contributed by atoms with Crippen LogP contribution in [-0.4, -0.2) is 18.1 Å². The Morgan fingerprint density at radius 1 is 1.64 bits per heavy atom. The van der Waals surface area contributed by atoms with Gasteiger partial charge in [0.05, 0.1) is 23.4 Å². The zero-order valence-corrected chi connectivity index (χ0v) is 10.3. The minimum absolute atomic E-state index is 0.0932. The lowest BCUT2D eigenvalue weighted by atomic mass is 10.2. The number of carbonyl (C=O) groups excluding carboxylic acids is 1. The molecular formula is C8H6BrCl2NO2. The van der Waals surface area contributed by atoms with Crippen LogP contribution in [0.2, 0.25) is 10.2 Å². The van der Waals surface area contributed by atoms with Gasteiger partial charge in [-0.15, -0.1) is 0 Å². The number of esters is 1. The Balaban J connectivity index is 3.21. The SMILES string of the molecule is COC(=O)c1cc(Cl)c(CBr)nc1Cl. The maximum absolute atomic E-state index is 11.2. The zero-order chi connectivity index (χ0) is 10.7. The van der Waals surface area contributed by atoms with Gasteiger partial charge in [-0.3, -0.25) is 0 Å². The summed E-state index contributed by atoms with van der Waals surface area (Å²) in [4.78, 5) is 15.1. The van der Waals surface area contributed by atoms with E-state index in [0.717, 1.165) is 0 Å². The molecule has 0 amide bonds. The summed E-state index contributed by atoms with van der Waals surface area (Å²) in [5.41, 5.74) is 0.758. The number of aromatic nitrogens is 1. The van der Waals surface area contributed by atoms with Crippen molar-refractivity contribution in [1.29, 1.82) is 0 Å². The third-order valence-corrected chi connectivity index (χ3v) is 2.68. The second-order valence-corrected chi connectivity index (χ2v) is 3.71. The van der Waals surface area contributed by atoms with Crippen molar-refractivity contribution in [2.45, 2.75) is 5.33 Å². The van der Waals surface area contributed by atoms with Crippen LogP contribution in [0.15, 0.2) is 6.07 Å². The number of ether oxygens (including phenoxy) is 1. The lowest BCUT2D eigenvalue weighted by Crippen LogP contribution is -2.04. The van der Waals surface area contributed by atoms with Crippen LogP contribution in [0.3, 0.4) is 0 Å². The molecule has 0 aliphatic heterocycles.